The second-order valence-electron chi connectivity index (χ2n) is 5.71. The number of hydrogen-bond acceptors (Lipinski definition) is 4. The van der Waals surface area contributed by atoms with E-state index in [1.165, 1.54) is 0 Å². The minimum Gasteiger partial charge on any atom is -0.337 e. The molecular formula is C17H20N4O. The van der Waals surface area contributed by atoms with Gasteiger partial charge in [0.15, 0.2) is 0 Å². The third kappa shape index (κ3) is 3.08. The molecule has 0 unspecified atom stereocenters. The molecule has 0 aliphatic carbocycles. The fraction of sp³-hybridized carbons (Fsp3) is 0.353. The molecule has 0 saturated carbocycles. The lowest BCUT2D eigenvalue weighted by Gasteiger charge is -2.15. The van der Waals surface area contributed by atoms with Crippen LogP contribution in [0.25, 0.3) is 0 Å². The average Bonchev–Trinajstić information content (AvgIpc) is 3.05. The molecule has 2 aromatic rings. The van der Waals surface area contributed by atoms with Crippen molar-refractivity contribution in [1.29, 1.82) is 0 Å². The number of carbonyl (C=O) groups is 1. The normalized spacial score (nSPS) is 14.2. The molecule has 1 aliphatic heterocycles. The van der Waals surface area contributed by atoms with E-state index in [1.807, 2.05) is 24.8 Å². The van der Waals surface area contributed by atoms with Crippen molar-refractivity contribution in [3.63, 3.8) is 0 Å². The van der Waals surface area contributed by atoms with Crippen molar-refractivity contribution in [2.75, 3.05) is 18.4 Å². The van der Waals surface area contributed by atoms with Gasteiger partial charge in [-0.25, -0.2) is 9.97 Å². The van der Waals surface area contributed by atoms with Crippen LogP contribution in [-0.2, 0) is 0 Å². The molecule has 1 N–H and O–H groups in total. The molecule has 1 saturated heterocycles. The lowest BCUT2D eigenvalue weighted by atomic mass is 10.1. The molecule has 1 aliphatic rings. The third-order valence-corrected chi connectivity index (χ3v) is 3.91. The first kappa shape index (κ1) is 14.5. The van der Waals surface area contributed by atoms with Gasteiger partial charge in [-0.3, -0.25) is 4.79 Å². The molecule has 1 aromatic heterocycles. The second kappa shape index (κ2) is 6.13. The van der Waals surface area contributed by atoms with Gasteiger partial charge in [0.05, 0.1) is 0 Å². The molecule has 0 radical (unpaired) electrons. The van der Waals surface area contributed by atoms with Gasteiger partial charge in [0, 0.05) is 25.0 Å². The number of aryl methyl sites for hydroxylation is 2. The molecule has 2 heterocycles. The first-order chi connectivity index (χ1) is 10.6. The lowest BCUT2D eigenvalue weighted by molar-refractivity contribution is 0.0787. The van der Waals surface area contributed by atoms with Crippen LogP contribution < -0.4 is 5.32 Å². The van der Waals surface area contributed by atoms with Crippen molar-refractivity contribution in [2.45, 2.75) is 26.7 Å². The first-order valence-corrected chi connectivity index (χ1v) is 7.60. The van der Waals surface area contributed by atoms with Crippen LogP contribution in [0, 0.1) is 13.8 Å². The summed E-state index contributed by atoms with van der Waals surface area (Å²) in [5.41, 5.74) is 3.69. The van der Waals surface area contributed by atoms with Gasteiger partial charge in [0.1, 0.15) is 5.69 Å². The monoisotopic (exact) mass is 296 g/mol. The summed E-state index contributed by atoms with van der Waals surface area (Å²) in [5, 5.41) is 3.21. The maximum Gasteiger partial charge on any atom is 0.272 e. The van der Waals surface area contributed by atoms with Gasteiger partial charge in [0.25, 0.3) is 5.91 Å². The molecule has 1 amide bonds. The van der Waals surface area contributed by atoms with Gasteiger partial charge < -0.3 is 10.2 Å². The fourth-order valence-electron chi connectivity index (χ4n) is 2.61. The Labute approximate surface area is 130 Å². The minimum atomic E-state index is -0.0103. The zero-order chi connectivity index (χ0) is 15.5. The Morgan fingerprint density at radius 3 is 2.73 bits per heavy atom. The zero-order valence-corrected chi connectivity index (χ0v) is 13.0. The van der Waals surface area contributed by atoms with E-state index in [2.05, 4.69) is 27.4 Å². The first-order valence-electron chi connectivity index (χ1n) is 7.60. The zero-order valence-electron chi connectivity index (χ0n) is 13.0. The van der Waals surface area contributed by atoms with Crippen LogP contribution in [0.4, 0.5) is 11.6 Å². The Hall–Kier alpha value is -2.43. The number of amides is 1. The molecule has 1 fully saturated rings. The number of likely N-dealkylation sites (tertiary alicyclic amines) is 1. The molecule has 0 atom stereocenters. The molecule has 114 valence electrons. The van der Waals surface area contributed by atoms with Crippen molar-refractivity contribution in [3.8, 4) is 0 Å². The van der Waals surface area contributed by atoms with Crippen LogP contribution >= 0.6 is 0 Å². The number of rotatable bonds is 3. The van der Waals surface area contributed by atoms with E-state index in [4.69, 9.17) is 0 Å². The van der Waals surface area contributed by atoms with Gasteiger partial charge in [-0.15, -0.1) is 0 Å². The smallest absolute Gasteiger partial charge is 0.272 e. The Kier molecular flexibility index (Phi) is 4.04. The number of aromatic nitrogens is 2. The molecule has 1 aromatic carbocycles. The van der Waals surface area contributed by atoms with E-state index in [0.717, 1.165) is 42.7 Å². The number of nitrogens with one attached hydrogen (secondary N) is 1. The minimum absolute atomic E-state index is 0.0103. The van der Waals surface area contributed by atoms with E-state index in [0.29, 0.717) is 11.6 Å². The maximum absolute atomic E-state index is 12.4. The summed E-state index contributed by atoms with van der Waals surface area (Å²) < 4.78 is 0. The lowest BCUT2D eigenvalue weighted by Crippen LogP contribution is -2.28. The summed E-state index contributed by atoms with van der Waals surface area (Å²) in [5.74, 6) is 0.447. The number of benzene rings is 1. The second-order valence-corrected chi connectivity index (χ2v) is 5.71. The molecule has 0 bridgehead atoms. The predicted molar refractivity (Wildman–Crippen MR) is 86.4 cm³/mol. The molecule has 5 heteroatoms. The van der Waals surface area contributed by atoms with E-state index >= 15 is 0 Å². The van der Waals surface area contributed by atoms with E-state index in [9.17, 15) is 4.79 Å². The Balaban J connectivity index is 1.81. The highest BCUT2D eigenvalue weighted by Gasteiger charge is 2.20. The summed E-state index contributed by atoms with van der Waals surface area (Å²) >= 11 is 0. The SMILES string of the molecule is Cc1ccc(C)c(Nc2nccc(C(=O)N3CCCC3)n2)c1. The van der Waals surface area contributed by atoms with E-state index in [-0.39, 0.29) is 5.91 Å². The largest absolute Gasteiger partial charge is 0.337 e. The van der Waals surface area contributed by atoms with Gasteiger partial charge in [0.2, 0.25) is 5.95 Å². The molecule has 0 spiro atoms. The van der Waals surface area contributed by atoms with Crippen LogP contribution in [0.5, 0.6) is 0 Å². The van der Waals surface area contributed by atoms with E-state index in [1.54, 1.807) is 12.3 Å². The Bertz CT molecular complexity index is 693. The van der Waals surface area contributed by atoms with Crippen LogP contribution in [-0.4, -0.2) is 33.9 Å². The molecule has 22 heavy (non-hydrogen) atoms. The number of carbonyl (C=O) groups excluding carboxylic acids is 1. The van der Waals surface area contributed by atoms with Crippen molar-refractivity contribution >= 4 is 17.5 Å². The predicted octanol–water partition coefficient (Wildman–Crippen LogP) is 3.07. The van der Waals surface area contributed by atoms with Crippen LogP contribution in [0.3, 0.4) is 0 Å². The van der Waals surface area contributed by atoms with Crippen LogP contribution in [0.2, 0.25) is 0 Å². The average molecular weight is 296 g/mol. The standard InChI is InChI=1S/C17H20N4O/c1-12-5-6-13(2)15(11-12)20-17-18-8-7-14(19-17)16(22)21-9-3-4-10-21/h5-8,11H,3-4,9-10H2,1-2H3,(H,18,19,20). The van der Waals surface area contributed by atoms with Crippen molar-refractivity contribution in [1.82, 2.24) is 14.9 Å². The van der Waals surface area contributed by atoms with Gasteiger partial charge in [-0.05, 0) is 49.9 Å². The number of hydrogen-bond donors (Lipinski definition) is 1. The summed E-state index contributed by atoms with van der Waals surface area (Å²) in [4.78, 5) is 22.8. The van der Waals surface area contributed by atoms with Crippen molar-refractivity contribution in [3.05, 3.63) is 47.3 Å². The van der Waals surface area contributed by atoms with Gasteiger partial charge in [-0.2, -0.15) is 0 Å². The van der Waals surface area contributed by atoms with Crippen molar-refractivity contribution in [2.24, 2.45) is 0 Å². The fourth-order valence-corrected chi connectivity index (χ4v) is 2.61. The summed E-state index contributed by atoms with van der Waals surface area (Å²) in [6.07, 6.45) is 3.78. The number of nitrogens with zero attached hydrogens (tertiary/aromatic N) is 3. The quantitative estimate of drug-likeness (QED) is 0.945. The molecule has 5 nitrogen and oxygen atoms in total. The maximum atomic E-state index is 12.4. The summed E-state index contributed by atoms with van der Waals surface area (Å²) in [6.45, 7) is 5.71. The topological polar surface area (TPSA) is 58.1 Å². The Morgan fingerprint density at radius 2 is 1.95 bits per heavy atom. The Morgan fingerprint density at radius 1 is 1.18 bits per heavy atom. The molecule has 3 rings (SSSR count). The number of anilines is 2. The highest BCUT2D eigenvalue weighted by molar-refractivity contribution is 5.92. The van der Waals surface area contributed by atoms with E-state index < -0.39 is 0 Å². The highest BCUT2D eigenvalue weighted by Crippen LogP contribution is 2.20. The third-order valence-electron chi connectivity index (χ3n) is 3.91. The van der Waals surface area contributed by atoms with Crippen molar-refractivity contribution < 1.29 is 4.79 Å². The summed E-state index contributed by atoms with van der Waals surface area (Å²) in [7, 11) is 0. The van der Waals surface area contributed by atoms with Crippen LogP contribution in [0.15, 0.2) is 30.5 Å². The molecular weight excluding hydrogens is 276 g/mol. The summed E-state index contributed by atoms with van der Waals surface area (Å²) in [6, 6.07) is 7.84. The van der Waals surface area contributed by atoms with Crippen LogP contribution in [0.1, 0.15) is 34.5 Å². The highest BCUT2D eigenvalue weighted by atomic mass is 16.2. The van der Waals surface area contributed by atoms with Gasteiger partial charge >= 0.3 is 0 Å². The van der Waals surface area contributed by atoms with Gasteiger partial charge in [-0.1, -0.05) is 12.1 Å².